The number of nitrogens with zero attached hydrogens (tertiary/aromatic N) is 1. The molecule has 5 N–H and O–H groups in total. The summed E-state index contributed by atoms with van der Waals surface area (Å²) in [6, 6.07) is 0.361. The number of carboxylic acids is 2. The molecule has 2 aliphatic heterocycles. The Bertz CT molecular complexity index is 407. The minimum atomic E-state index is -1.82. The number of amides is 1. The quantitative estimate of drug-likeness (QED) is 0.512. The molecular formula is C13H24N2O7. The SMILES string of the molecule is CC(C)(C)OC(=O)N1CC[C@@H]2CNC[C@@H]21.O.O=C(O)C(=O)O. The van der Waals surface area contributed by atoms with Crippen LogP contribution in [0.25, 0.3) is 0 Å². The van der Waals surface area contributed by atoms with Crippen molar-refractivity contribution in [1.82, 2.24) is 10.2 Å². The molecular weight excluding hydrogens is 296 g/mol. The van der Waals surface area contributed by atoms with Gasteiger partial charge in [0.25, 0.3) is 0 Å². The van der Waals surface area contributed by atoms with Crippen molar-refractivity contribution < 1.29 is 34.8 Å². The highest BCUT2D eigenvalue weighted by Gasteiger charge is 2.41. The molecule has 0 aromatic heterocycles. The summed E-state index contributed by atoms with van der Waals surface area (Å²) in [5, 5.41) is 18.1. The van der Waals surface area contributed by atoms with E-state index >= 15 is 0 Å². The second kappa shape index (κ2) is 7.95. The van der Waals surface area contributed by atoms with Crippen LogP contribution in [0.2, 0.25) is 0 Å². The number of likely N-dealkylation sites (tertiary alicyclic amines) is 1. The molecule has 0 spiro atoms. The van der Waals surface area contributed by atoms with Crippen LogP contribution >= 0.6 is 0 Å². The van der Waals surface area contributed by atoms with Gasteiger partial charge < -0.3 is 30.6 Å². The summed E-state index contributed by atoms with van der Waals surface area (Å²) in [6.45, 7) is 8.54. The number of carbonyl (C=O) groups excluding carboxylic acids is 1. The summed E-state index contributed by atoms with van der Waals surface area (Å²) in [7, 11) is 0. The lowest BCUT2D eigenvalue weighted by atomic mass is 10.1. The van der Waals surface area contributed by atoms with Gasteiger partial charge in [0.1, 0.15) is 5.60 Å². The summed E-state index contributed by atoms with van der Waals surface area (Å²) in [4.78, 5) is 32.0. The van der Waals surface area contributed by atoms with E-state index in [-0.39, 0.29) is 17.2 Å². The number of carboxylic acid groups (broad SMARTS) is 2. The van der Waals surface area contributed by atoms with E-state index < -0.39 is 11.9 Å². The fourth-order valence-electron chi connectivity index (χ4n) is 2.40. The molecule has 22 heavy (non-hydrogen) atoms. The smallest absolute Gasteiger partial charge is 0.414 e. The molecule has 9 nitrogen and oxygen atoms in total. The lowest BCUT2D eigenvalue weighted by Gasteiger charge is -2.27. The summed E-state index contributed by atoms with van der Waals surface area (Å²) in [5.74, 6) is -3.01. The molecule has 2 heterocycles. The Morgan fingerprint density at radius 3 is 2.14 bits per heavy atom. The summed E-state index contributed by atoms with van der Waals surface area (Å²) in [5.41, 5.74) is -0.388. The number of rotatable bonds is 0. The Kier molecular flexibility index (Phi) is 7.27. The van der Waals surface area contributed by atoms with Crippen LogP contribution in [-0.4, -0.2) is 69.9 Å². The van der Waals surface area contributed by atoms with Gasteiger partial charge in [-0.25, -0.2) is 14.4 Å². The van der Waals surface area contributed by atoms with Gasteiger partial charge in [0.2, 0.25) is 0 Å². The van der Waals surface area contributed by atoms with Gasteiger partial charge in [0.05, 0.1) is 6.04 Å². The first kappa shape index (κ1) is 20.1. The summed E-state index contributed by atoms with van der Waals surface area (Å²) < 4.78 is 5.39. The number of hydrogen-bond donors (Lipinski definition) is 3. The minimum absolute atomic E-state index is 0. The average Bonchev–Trinajstić information content (AvgIpc) is 2.87. The zero-order chi connectivity index (χ0) is 16.2. The van der Waals surface area contributed by atoms with Gasteiger partial charge in [-0.1, -0.05) is 0 Å². The van der Waals surface area contributed by atoms with E-state index in [4.69, 9.17) is 24.5 Å². The molecule has 0 bridgehead atoms. The van der Waals surface area contributed by atoms with Crippen LogP contribution in [0.5, 0.6) is 0 Å². The van der Waals surface area contributed by atoms with E-state index in [2.05, 4.69) is 5.32 Å². The van der Waals surface area contributed by atoms with Gasteiger partial charge in [-0.2, -0.15) is 0 Å². The van der Waals surface area contributed by atoms with E-state index in [1.54, 1.807) is 0 Å². The van der Waals surface area contributed by atoms with Crippen molar-refractivity contribution in [3.8, 4) is 0 Å². The van der Waals surface area contributed by atoms with Crippen molar-refractivity contribution in [2.24, 2.45) is 5.92 Å². The first-order chi connectivity index (χ1) is 9.61. The zero-order valence-corrected chi connectivity index (χ0v) is 13.0. The van der Waals surface area contributed by atoms with E-state index in [0.29, 0.717) is 12.0 Å². The lowest BCUT2D eigenvalue weighted by molar-refractivity contribution is -0.159. The third kappa shape index (κ3) is 5.86. The maximum Gasteiger partial charge on any atom is 0.414 e. The molecule has 128 valence electrons. The molecule has 0 saturated carbocycles. The molecule has 2 aliphatic rings. The third-order valence-corrected chi connectivity index (χ3v) is 3.26. The molecule has 9 heteroatoms. The fraction of sp³-hybridized carbons (Fsp3) is 0.769. The first-order valence-electron chi connectivity index (χ1n) is 6.78. The maximum atomic E-state index is 11.9. The van der Waals surface area contributed by atoms with Crippen LogP contribution in [0, 0.1) is 5.92 Å². The molecule has 2 fully saturated rings. The van der Waals surface area contributed by atoms with E-state index in [0.717, 1.165) is 26.1 Å². The molecule has 0 aliphatic carbocycles. The Balaban J connectivity index is 0.000000546. The predicted molar refractivity (Wildman–Crippen MR) is 76.6 cm³/mol. The van der Waals surface area contributed by atoms with Crippen LogP contribution in [0.4, 0.5) is 4.79 Å². The van der Waals surface area contributed by atoms with Crippen molar-refractivity contribution in [2.75, 3.05) is 19.6 Å². The largest absolute Gasteiger partial charge is 0.473 e. The predicted octanol–water partition coefficient (Wildman–Crippen LogP) is -0.454. The fourth-order valence-corrected chi connectivity index (χ4v) is 2.40. The molecule has 2 rings (SSSR count). The normalized spacial score (nSPS) is 22.8. The number of ether oxygens (including phenoxy) is 1. The van der Waals surface area contributed by atoms with Gasteiger partial charge in [0, 0.05) is 19.6 Å². The van der Waals surface area contributed by atoms with Crippen molar-refractivity contribution in [3.05, 3.63) is 0 Å². The van der Waals surface area contributed by atoms with Crippen LogP contribution in [0.1, 0.15) is 27.2 Å². The van der Waals surface area contributed by atoms with Crippen LogP contribution < -0.4 is 5.32 Å². The van der Waals surface area contributed by atoms with Crippen LogP contribution in [0.3, 0.4) is 0 Å². The Hall–Kier alpha value is -1.87. The second-order valence-electron chi connectivity index (χ2n) is 6.06. The molecule has 2 saturated heterocycles. The van der Waals surface area contributed by atoms with Crippen LogP contribution in [-0.2, 0) is 14.3 Å². The number of fused-ring (bicyclic) bond motifs is 1. The minimum Gasteiger partial charge on any atom is -0.473 e. The monoisotopic (exact) mass is 320 g/mol. The zero-order valence-electron chi connectivity index (χ0n) is 13.0. The molecule has 0 unspecified atom stereocenters. The molecule has 0 radical (unpaired) electrons. The van der Waals surface area contributed by atoms with Crippen molar-refractivity contribution >= 4 is 18.0 Å². The number of carbonyl (C=O) groups is 3. The van der Waals surface area contributed by atoms with Crippen LogP contribution in [0.15, 0.2) is 0 Å². The highest BCUT2D eigenvalue weighted by atomic mass is 16.6. The first-order valence-corrected chi connectivity index (χ1v) is 6.78. The third-order valence-electron chi connectivity index (χ3n) is 3.26. The Morgan fingerprint density at radius 2 is 1.68 bits per heavy atom. The van der Waals surface area contributed by atoms with Crippen molar-refractivity contribution in [1.29, 1.82) is 0 Å². The van der Waals surface area contributed by atoms with Gasteiger partial charge >= 0.3 is 18.0 Å². The van der Waals surface area contributed by atoms with E-state index in [1.165, 1.54) is 0 Å². The molecule has 0 aromatic carbocycles. The van der Waals surface area contributed by atoms with Gasteiger partial charge in [-0.3, -0.25) is 0 Å². The Labute approximate surface area is 128 Å². The molecule has 2 atom stereocenters. The van der Waals surface area contributed by atoms with Gasteiger partial charge in [-0.15, -0.1) is 0 Å². The highest BCUT2D eigenvalue weighted by molar-refractivity contribution is 6.27. The van der Waals surface area contributed by atoms with Gasteiger partial charge in [0.15, 0.2) is 0 Å². The van der Waals surface area contributed by atoms with Gasteiger partial charge in [-0.05, 0) is 33.1 Å². The topological polar surface area (TPSA) is 148 Å². The molecule has 1 amide bonds. The van der Waals surface area contributed by atoms with E-state index in [1.807, 2.05) is 25.7 Å². The second-order valence-corrected chi connectivity index (χ2v) is 6.06. The maximum absolute atomic E-state index is 11.9. The van der Waals surface area contributed by atoms with Crippen molar-refractivity contribution in [2.45, 2.75) is 38.8 Å². The number of nitrogens with one attached hydrogen (secondary N) is 1. The summed E-state index contributed by atoms with van der Waals surface area (Å²) >= 11 is 0. The van der Waals surface area contributed by atoms with Crippen molar-refractivity contribution in [3.63, 3.8) is 0 Å². The highest BCUT2D eigenvalue weighted by Crippen LogP contribution is 2.28. The standard InChI is InChI=1S/C11H20N2O2.C2H2O4.H2O/c1-11(2,3)15-10(14)13-5-4-8-6-12-7-9(8)13;3-1(4)2(5)6;/h8-9,12H,4-7H2,1-3H3;(H,3,4)(H,5,6);1H2/t8-,9+;;/m1../s1. The number of hydrogen-bond acceptors (Lipinski definition) is 5. The average molecular weight is 320 g/mol. The lowest BCUT2D eigenvalue weighted by Crippen LogP contribution is -2.42. The molecule has 0 aromatic rings. The Morgan fingerprint density at radius 1 is 1.14 bits per heavy atom. The van der Waals surface area contributed by atoms with E-state index in [9.17, 15) is 4.79 Å². The summed E-state index contributed by atoms with van der Waals surface area (Å²) in [6.07, 6.45) is 0.954. The number of aliphatic carboxylic acids is 2.